The van der Waals surface area contributed by atoms with Crippen molar-refractivity contribution in [2.45, 2.75) is 101 Å². The van der Waals surface area contributed by atoms with Crippen LogP contribution >= 0.6 is 0 Å². The average Bonchev–Trinajstić information content (AvgIpc) is 3.58. The second-order valence-electron chi connectivity index (χ2n) is 10.8. The third-order valence-electron chi connectivity index (χ3n) is 8.77. The monoisotopic (exact) mass is 423 g/mol. The summed E-state index contributed by atoms with van der Waals surface area (Å²) in [6, 6.07) is 17.0. The lowest BCUT2D eigenvalue weighted by Gasteiger charge is -2.22. The molecule has 1 aromatic heterocycles. The number of aromatic nitrogens is 1. The largest absolute Gasteiger partial charge is 0.256 e. The highest BCUT2D eigenvalue weighted by Gasteiger charge is 2.23. The summed E-state index contributed by atoms with van der Waals surface area (Å²) in [5.74, 6) is 2.26. The molecule has 3 aliphatic rings. The Kier molecular flexibility index (Phi) is 5.76. The maximum atomic E-state index is 4.95. The van der Waals surface area contributed by atoms with Crippen molar-refractivity contribution in [3.05, 3.63) is 65.4 Å². The number of rotatable bonds is 4. The van der Waals surface area contributed by atoms with E-state index in [1.165, 1.54) is 106 Å². The second kappa shape index (κ2) is 9.00. The Morgan fingerprint density at radius 1 is 0.531 bits per heavy atom. The Labute approximate surface area is 193 Å². The fourth-order valence-corrected chi connectivity index (χ4v) is 6.92. The lowest BCUT2D eigenvalue weighted by Crippen LogP contribution is -2.04. The molecule has 0 radical (unpaired) electrons. The van der Waals surface area contributed by atoms with E-state index in [9.17, 15) is 0 Å². The van der Waals surface area contributed by atoms with Crippen molar-refractivity contribution < 1.29 is 0 Å². The van der Waals surface area contributed by atoms with Gasteiger partial charge in [0.25, 0.3) is 0 Å². The van der Waals surface area contributed by atoms with Crippen LogP contribution in [0.4, 0.5) is 0 Å². The lowest BCUT2D eigenvalue weighted by molar-refractivity contribution is 0.444. The van der Waals surface area contributed by atoms with E-state index in [0.717, 1.165) is 17.8 Å². The van der Waals surface area contributed by atoms with Gasteiger partial charge in [0.15, 0.2) is 0 Å². The molecule has 3 aromatic rings. The second-order valence-corrected chi connectivity index (χ2v) is 10.8. The zero-order chi connectivity index (χ0) is 21.3. The fourth-order valence-electron chi connectivity index (χ4n) is 6.92. The molecule has 6 rings (SSSR count). The molecule has 1 nitrogen and oxygen atoms in total. The third kappa shape index (κ3) is 4.00. The molecule has 0 saturated heterocycles. The maximum Gasteiger partial charge on any atom is 0.0780 e. The van der Waals surface area contributed by atoms with Gasteiger partial charge in [-0.15, -0.1) is 0 Å². The first-order valence-corrected chi connectivity index (χ1v) is 13.4. The number of nitrogens with zero attached hydrogens (tertiary/aromatic N) is 1. The molecule has 32 heavy (non-hydrogen) atoms. The van der Waals surface area contributed by atoms with E-state index < -0.39 is 0 Å². The highest BCUT2D eigenvalue weighted by atomic mass is 14.7. The third-order valence-corrected chi connectivity index (χ3v) is 8.77. The molecule has 3 saturated carbocycles. The number of benzene rings is 2. The van der Waals surface area contributed by atoms with E-state index in [1.54, 1.807) is 16.7 Å². The minimum Gasteiger partial charge on any atom is -0.256 e. The van der Waals surface area contributed by atoms with Gasteiger partial charge in [-0.25, -0.2) is 0 Å². The standard InChI is InChI=1S/C31H37N/c1-2-8-22(9-3-1)25-14-15-30-26(18-25)16-17-32-31(30)29-20-27(23-10-4-5-11-23)19-28(21-29)24-12-6-7-13-24/h14-24H,1-13H2. The molecule has 3 fully saturated rings. The van der Waals surface area contributed by atoms with Gasteiger partial charge in [0.1, 0.15) is 0 Å². The molecule has 3 aliphatic carbocycles. The van der Waals surface area contributed by atoms with Gasteiger partial charge in [-0.05, 0) is 96.6 Å². The van der Waals surface area contributed by atoms with Crippen LogP contribution in [-0.2, 0) is 0 Å². The average molecular weight is 424 g/mol. The molecule has 0 spiro atoms. The summed E-state index contributed by atoms with van der Waals surface area (Å²) in [5, 5.41) is 2.69. The number of pyridine rings is 1. The minimum atomic E-state index is 0.753. The molecule has 1 heteroatoms. The molecule has 0 atom stereocenters. The van der Waals surface area contributed by atoms with Crippen LogP contribution in [0.1, 0.15) is 118 Å². The molecule has 0 aliphatic heterocycles. The van der Waals surface area contributed by atoms with Gasteiger partial charge in [-0.1, -0.05) is 69.2 Å². The van der Waals surface area contributed by atoms with Crippen LogP contribution < -0.4 is 0 Å². The fraction of sp³-hybridized carbons (Fsp3) is 0.516. The zero-order valence-electron chi connectivity index (χ0n) is 19.5. The predicted molar refractivity (Wildman–Crippen MR) is 135 cm³/mol. The first-order chi connectivity index (χ1) is 15.8. The lowest BCUT2D eigenvalue weighted by atomic mass is 9.83. The van der Waals surface area contributed by atoms with Crippen LogP contribution in [0.2, 0.25) is 0 Å². The number of hydrogen-bond acceptors (Lipinski definition) is 1. The van der Waals surface area contributed by atoms with Crippen LogP contribution in [0.5, 0.6) is 0 Å². The normalized spacial score (nSPS) is 21.0. The first kappa shape index (κ1) is 20.5. The van der Waals surface area contributed by atoms with Crippen LogP contribution in [0.3, 0.4) is 0 Å². The van der Waals surface area contributed by atoms with Crippen molar-refractivity contribution in [1.82, 2.24) is 4.98 Å². The van der Waals surface area contributed by atoms with E-state index in [-0.39, 0.29) is 0 Å². The summed E-state index contributed by atoms with van der Waals surface area (Å²) in [6.45, 7) is 0. The van der Waals surface area contributed by atoms with E-state index in [4.69, 9.17) is 4.98 Å². The van der Waals surface area contributed by atoms with Gasteiger partial charge in [0.2, 0.25) is 0 Å². The number of hydrogen-bond donors (Lipinski definition) is 0. The van der Waals surface area contributed by atoms with Crippen molar-refractivity contribution in [2.24, 2.45) is 0 Å². The van der Waals surface area contributed by atoms with Crippen molar-refractivity contribution in [3.63, 3.8) is 0 Å². The molecular formula is C31H37N. The Morgan fingerprint density at radius 2 is 1.09 bits per heavy atom. The molecule has 0 N–H and O–H groups in total. The smallest absolute Gasteiger partial charge is 0.0780 e. The Balaban J connectivity index is 1.42. The summed E-state index contributed by atoms with van der Waals surface area (Å²) in [5.41, 5.74) is 7.25. The molecule has 0 unspecified atom stereocenters. The van der Waals surface area contributed by atoms with Gasteiger partial charge in [0.05, 0.1) is 5.69 Å². The Morgan fingerprint density at radius 3 is 1.72 bits per heavy atom. The predicted octanol–water partition coefficient (Wildman–Crippen LogP) is 9.26. The molecule has 166 valence electrons. The van der Waals surface area contributed by atoms with Gasteiger partial charge in [0, 0.05) is 17.1 Å². The van der Waals surface area contributed by atoms with Gasteiger partial charge in [-0.3, -0.25) is 4.98 Å². The highest BCUT2D eigenvalue weighted by Crippen LogP contribution is 2.42. The zero-order valence-corrected chi connectivity index (χ0v) is 19.5. The topological polar surface area (TPSA) is 12.9 Å². The molecule has 0 bridgehead atoms. The van der Waals surface area contributed by atoms with Crippen molar-refractivity contribution in [1.29, 1.82) is 0 Å². The van der Waals surface area contributed by atoms with Crippen molar-refractivity contribution in [2.75, 3.05) is 0 Å². The SMILES string of the molecule is c1cc2cc(C3CCCCC3)ccc2c(-c2cc(C3CCCC3)cc(C3CCCC3)c2)n1. The Hall–Kier alpha value is -2.15. The maximum absolute atomic E-state index is 4.95. The molecular weight excluding hydrogens is 386 g/mol. The molecule has 2 aromatic carbocycles. The summed E-state index contributed by atoms with van der Waals surface area (Å²) >= 11 is 0. The van der Waals surface area contributed by atoms with E-state index in [0.29, 0.717) is 0 Å². The van der Waals surface area contributed by atoms with Crippen molar-refractivity contribution in [3.8, 4) is 11.3 Å². The van der Waals surface area contributed by atoms with Crippen molar-refractivity contribution >= 4 is 10.8 Å². The molecule has 1 heterocycles. The first-order valence-electron chi connectivity index (χ1n) is 13.4. The van der Waals surface area contributed by atoms with Crippen LogP contribution in [-0.4, -0.2) is 4.98 Å². The van der Waals surface area contributed by atoms with Crippen LogP contribution in [0.25, 0.3) is 22.0 Å². The summed E-state index contributed by atoms with van der Waals surface area (Å²) in [7, 11) is 0. The summed E-state index contributed by atoms with van der Waals surface area (Å²) in [6.07, 6.45) is 20.0. The van der Waals surface area contributed by atoms with Crippen LogP contribution in [0.15, 0.2) is 48.7 Å². The van der Waals surface area contributed by atoms with Gasteiger partial charge >= 0.3 is 0 Å². The van der Waals surface area contributed by atoms with Gasteiger partial charge in [-0.2, -0.15) is 0 Å². The van der Waals surface area contributed by atoms with Crippen LogP contribution in [0, 0.1) is 0 Å². The quantitative estimate of drug-likeness (QED) is 0.407. The van der Waals surface area contributed by atoms with E-state index >= 15 is 0 Å². The highest BCUT2D eigenvalue weighted by molar-refractivity contribution is 5.95. The Bertz CT molecular complexity index is 1040. The van der Waals surface area contributed by atoms with E-state index in [1.807, 2.05) is 6.20 Å². The molecule has 0 amide bonds. The van der Waals surface area contributed by atoms with E-state index in [2.05, 4.69) is 42.5 Å². The summed E-state index contributed by atoms with van der Waals surface area (Å²) < 4.78 is 0. The van der Waals surface area contributed by atoms with Gasteiger partial charge < -0.3 is 0 Å². The number of fused-ring (bicyclic) bond motifs is 1. The summed E-state index contributed by atoms with van der Waals surface area (Å²) in [4.78, 5) is 4.95. The minimum absolute atomic E-state index is 0.753.